The minimum Gasteiger partial charge on any atom is -0.477 e. The lowest BCUT2D eigenvalue weighted by Gasteiger charge is -2.04. The van der Waals surface area contributed by atoms with Gasteiger partial charge in [0, 0.05) is 23.2 Å². The summed E-state index contributed by atoms with van der Waals surface area (Å²) in [4.78, 5) is 10.9. The normalized spacial score (nSPS) is 11.3. The topological polar surface area (TPSA) is 106 Å². The third-order valence-electron chi connectivity index (χ3n) is 3.82. The molecule has 0 aliphatic heterocycles. The average molecular weight is 348 g/mol. The number of fused-ring (bicyclic) bond motifs is 1. The summed E-state index contributed by atoms with van der Waals surface area (Å²) in [5.74, 6) is -0.573. The van der Waals surface area contributed by atoms with E-state index in [0.717, 1.165) is 16.6 Å². The molecule has 0 fully saturated rings. The average Bonchev–Trinajstić information content (AvgIpc) is 3.07. The van der Waals surface area contributed by atoms with E-state index in [-0.39, 0.29) is 12.2 Å². The van der Waals surface area contributed by atoms with Crippen molar-refractivity contribution in [2.75, 3.05) is 18.5 Å². The molecule has 6 heteroatoms. The molecule has 0 atom stereocenters. The fourth-order valence-corrected chi connectivity index (χ4v) is 2.54. The number of rotatable bonds is 6. The molecule has 3 aromatic rings. The van der Waals surface area contributed by atoms with Crippen LogP contribution in [0, 0.1) is 11.3 Å². The van der Waals surface area contributed by atoms with E-state index in [1.165, 1.54) is 6.08 Å². The molecule has 0 radical (unpaired) electrons. The van der Waals surface area contributed by atoms with E-state index in [2.05, 4.69) is 5.32 Å². The molecule has 0 amide bonds. The third-order valence-corrected chi connectivity index (χ3v) is 3.82. The van der Waals surface area contributed by atoms with Crippen molar-refractivity contribution in [2.45, 2.75) is 0 Å². The van der Waals surface area contributed by atoms with Crippen LogP contribution in [0.3, 0.4) is 0 Å². The highest BCUT2D eigenvalue weighted by molar-refractivity contribution is 5.97. The number of nitriles is 1. The van der Waals surface area contributed by atoms with Crippen molar-refractivity contribution in [3.63, 3.8) is 0 Å². The molecule has 26 heavy (non-hydrogen) atoms. The highest BCUT2D eigenvalue weighted by Gasteiger charge is 2.09. The maximum atomic E-state index is 10.9. The zero-order valence-electron chi connectivity index (χ0n) is 13.8. The van der Waals surface area contributed by atoms with Crippen LogP contribution in [0.5, 0.6) is 0 Å². The number of carboxylic acid groups (broad SMARTS) is 1. The van der Waals surface area contributed by atoms with Gasteiger partial charge in [-0.05, 0) is 48.0 Å². The van der Waals surface area contributed by atoms with Crippen molar-refractivity contribution >= 4 is 28.7 Å². The van der Waals surface area contributed by atoms with E-state index in [1.807, 2.05) is 36.4 Å². The summed E-state index contributed by atoms with van der Waals surface area (Å²) in [5.41, 5.74) is 2.67. The summed E-state index contributed by atoms with van der Waals surface area (Å²) in [5, 5.41) is 30.6. The van der Waals surface area contributed by atoms with Gasteiger partial charge in [-0.25, -0.2) is 4.79 Å². The molecular weight excluding hydrogens is 332 g/mol. The maximum absolute atomic E-state index is 10.9. The van der Waals surface area contributed by atoms with Crippen molar-refractivity contribution in [3.05, 3.63) is 59.7 Å². The number of hydrogen-bond acceptors (Lipinski definition) is 5. The summed E-state index contributed by atoms with van der Waals surface area (Å²) in [6.07, 6.45) is 1.31. The van der Waals surface area contributed by atoms with Crippen LogP contribution in [0.25, 0.3) is 28.4 Å². The monoisotopic (exact) mass is 348 g/mol. The summed E-state index contributed by atoms with van der Waals surface area (Å²) in [6.45, 7) is 0.554. The Morgan fingerprint density at radius 2 is 1.96 bits per heavy atom. The van der Waals surface area contributed by atoms with Gasteiger partial charge in [0.15, 0.2) is 0 Å². The molecule has 3 N–H and O–H groups in total. The number of nitrogens with one attached hydrogen (secondary N) is 1. The predicted octanol–water partition coefficient (Wildman–Crippen LogP) is 3.50. The Bertz CT molecular complexity index is 1010. The summed E-state index contributed by atoms with van der Waals surface area (Å²) >= 11 is 0. The molecule has 0 bridgehead atoms. The van der Waals surface area contributed by atoms with Crippen LogP contribution < -0.4 is 5.32 Å². The maximum Gasteiger partial charge on any atom is 0.346 e. The molecule has 6 nitrogen and oxygen atoms in total. The second-order valence-electron chi connectivity index (χ2n) is 5.61. The van der Waals surface area contributed by atoms with Gasteiger partial charge in [-0.1, -0.05) is 12.1 Å². The highest BCUT2D eigenvalue weighted by atomic mass is 16.4. The smallest absolute Gasteiger partial charge is 0.346 e. The van der Waals surface area contributed by atoms with E-state index >= 15 is 0 Å². The van der Waals surface area contributed by atoms with Crippen molar-refractivity contribution < 1.29 is 19.4 Å². The Kier molecular flexibility index (Phi) is 5.02. The van der Waals surface area contributed by atoms with Crippen LogP contribution in [0.4, 0.5) is 5.69 Å². The molecule has 1 aromatic heterocycles. The van der Waals surface area contributed by atoms with E-state index in [0.29, 0.717) is 23.5 Å². The zero-order valence-corrected chi connectivity index (χ0v) is 13.8. The van der Waals surface area contributed by atoms with Crippen molar-refractivity contribution in [1.82, 2.24) is 0 Å². The predicted molar refractivity (Wildman–Crippen MR) is 98.5 cm³/mol. The van der Waals surface area contributed by atoms with E-state index in [4.69, 9.17) is 19.9 Å². The highest BCUT2D eigenvalue weighted by Crippen LogP contribution is 2.29. The van der Waals surface area contributed by atoms with Gasteiger partial charge >= 0.3 is 5.97 Å². The van der Waals surface area contributed by atoms with E-state index in [9.17, 15) is 4.79 Å². The first-order valence-electron chi connectivity index (χ1n) is 7.94. The molecule has 3 rings (SSSR count). The van der Waals surface area contributed by atoms with Gasteiger partial charge in [0.05, 0.1) is 6.61 Å². The van der Waals surface area contributed by atoms with Crippen molar-refractivity contribution in [1.29, 1.82) is 5.26 Å². The zero-order chi connectivity index (χ0) is 18.5. The first kappa shape index (κ1) is 17.3. The van der Waals surface area contributed by atoms with Crippen LogP contribution in [-0.2, 0) is 4.79 Å². The Morgan fingerprint density at radius 3 is 2.62 bits per heavy atom. The van der Waals surface area contributed by atoms with Crippen LogP contribution in [0.15, 0.2) is 58.5 Å². The fraction of sp³-hybridized carbons (Fsp3) is 0.100. The SMILES string of the molecule is N#C/C(=C\c1ccc2cc(-c3ccc(NCCO)cc3)oc2c1)C(=O)O. The molecule has 0 aliphatic carbocycles. The Morgan fingerprint density at radius 1 is 1.19 bits per heavy atom. The van der Waals surface area contributed by atoms with E-state index in [1.54, 1.807) is 18.2 Å². The summed E-state index contributed by atoms with van der Waals surface area (Å²) < 4.78 is 5.87. The van der Waals surface area contributed by atoms with Crippen LogP contribution >= 0.6 is 0 Å². The molecule has 1 heterocycles. The molecule has 0 unspecified atom stereocenters. The number of aliphatic hydroxyl groups is 1. The minimum absolute atomic E-state index is 0.0670. The number of benzene rings is 2. The number of furan rings is 1. The molecule has 0 saturated carbocycles. The quantitative estimate of drug-likeness (QED) is 0.465. The number of nitrogens with zero attached hydrogens (tertiary/aromatic N) is 1. The van der Waals surface area contributed by atoms with Crippen LogP contribution in [-0.4, -0.2) is 29.3 Å². The Labute approximate surface area is 149 Å². The Hall–Kier alpha value is -3.56. The first-order valence-corrected chi connectivity index (χ1v) is 7.94. The van der Waals surface area contributed by atoms with Gasteiger partial charge in [-0.15, -0.1) is 0 Å². The van der Waals surface area contributed by atoms with Gasteiger partial charge in [-0.2, -0.15) is 5.26 Å². The first-order chi connectivity index (χ1) is 12.6. The van der Waals surface area contributed by atoms with E-state index < -0.39 is 5.97 Å². The molecule has 2 aromatic carbocycles. The summed E-state index contributed by atoms with van der Waals surface area (Å²) in [6, 6.07) is 16.5. The fourth-order valence-electron chi connectivity index (χ4n) is 2.54. The lowest BCUT2D eigenvalue weighted by atomic mass is 10.1. The second-order valence-corrected chi connectivity index (χ2v) is 5.61. The number of anilines is 1. The number of carbonyl (C=O) groups is 1. The van der Waals surface area contributed by atoms with Crippen LogP contribution in [0.2, 0.25) is 0 Å². The lowest BCUT2D eigenvalue weighted by Crippen LogP contribution is -2.04. The Balaban J connectivity index is 1.90. The third kappa shape index (κ3) is 3.74. The minimum atomic E-state index is -1.26. The van der Waals surface area contributed by atoms with Crippen LogP contribution in [0.1, 0.15) is 5.56 Å². The van der Waals surface area contributed by atoms with Gasteiger partial charge < -0.3 is 19.9 Å². The molecule has 130 valence electrons. The molecular formula is C20H16N2O4. The van der Waals surface area contributed by atoms with Gasteiger partial charge in [0.1, 0.15) is 23.0 Å². The number of carboxylic acids is 1. The summed E-state index contributed by atoms with van der Waals surface area (Å²) in [7, 11) is 0. The number of aliphatic hydroxyl groups excluding tert-OH is 1. The van der Waals surface area contributed by atoms with Gasteiger partial charge in [0.25, 0.3) is 0 Å². The standard InChI is InChI=1S/C20H16N2O4/c21-12-16(20(24)25)9-13-1-2-15-11-19(26-18(15)10-13)14-3-5-17(6-4-14)22-7-8-23/h1-6,9-11,22-23H,7-8H2,(H,24,25)/b16-9+. The number of aliphatic carboxylic acids is 1. The molecule has 0 aliphatic rings. The van der Waals surface area contributed by atoms with Crippen molar-refractivity contribution in [2.24, 2.45) is 0 Å². The second kappa shape index (κ2) is 7.55. The van der Waals surface area contributed by atoms with Gasteiger partial charge in [-0.3, -0.25) is 0 Å². The number of hydrogen-bond donors (Lipinski definition) is 3. The molecule has 0 saturated heterocycles. The lowest BCUT2D eigenvalue weighted by molar-refractivity contribution is -0.132. The van der Waals surface area contributed by atoms with Gasteiger partial charge in [0.2, 0.25) is 0 Å². The largest absolute Gasteiger partial charge is 0.477 e. The molecule has 0 spiro atoms. The van der Waals surface area contributed by atoms with Crippen molar-refractivity contribution in [3.8, 4) is 17.4 Å².